The zero-order valence-electron chi connectivity index (χ0n) is 12.9. The van der Waals surface area contributed by atoms with Crippen molar-refractivity contribution in [3.63, 3.8) is 0 Å². The number of hydrogen-bond donors (Lipinski definition) is 1. The highest BCUT2D eigenvalue weighted by atomic mass is 32.2. The Morgan fingerprint density at radius 2 is 2.09 bits per heavy atom. The van der Waals surface area contributed by atoms with Crippen LogP contribution in [0, 0.1) is 11.3 Å². The Morgan fingerprint density at radius 1 is 1.36 bits per heavy atom. The molecular weight excluding hydrogens is 302 g/mol. The lowest BCUT2D eigenvalue weighted by Crippen LogP contribution is -2.33. The van der Waals surface area contributed by atoms with Crippen LogP contribution in [0.1, 0.15) is 31.7 Å². The number of nitriles is 1. The average molecular weight is 323 g/mol. The van der Waals surface area contributed by atoms with E-state index in [0.29, 0.717) is 17.8 Å². The summed E-state index contributed by atoms with van der Waals surface area (Å²) in [5.41, 5.74) is 0.988. The molecule has 1 N–H and O–H groups in total. The molecule has 1 rings (SSSR count). The lowest BCUT2D eigenvalue weighted by atomic mass is 10.2. The molecule has 0 aliphatic heterocycles. The van der Waals surface area contributed by atoms with Crippen LogP contribution in [-0.2, 0) is 14.8 Å². The van der Waals surface area contributed by atoms with Crippen molar-refractivity contribution in [2.45, 2.75) is 26.2 Å². The lowest BCUT2D eigenvalue weighted by Gasteiger charge is -2.19. The van der Waals surface area contributed by atoms with Crippen molar-refractivity contribution >= 4 is 21.6 Å². The van der Waals surface area contributed by atoms with E-state index >= 15 is 0 Å². The van der Waals surface area contributed by atoms with E-state index < -0.39 is 10.0 Å². The number of carbonyl (C=O) groups excluding carboxylic acids is 1. The number of carbonyl (C=O) groups is 1. The third-order valence-corrected chi connectivity index (χ3v) is 4.40. The van der Waals surface area contributed by atoms with Crippen molar-refractivity contribution < 1.29 is 13.2 Å². The van der Waals surface area contributed by atoms with Gasteiger partial charge >= 0.3 is 0 Å². The number of unbranched alkanes of at least 4 members (excludes halogenated alkanes) is 1. The number of hydrogen-bond acceptors (Lipinski definition) is 4. The molecule has 0 fully saturated rings. The molecule has 1 aromatic rings. The molecule has 0 aliphatic carbocycles. The van der Waals surface area contributed by atoms with Crippen molar-refractivity contribution in [3.8, 4) is 6.07 Å². The number of nitrogens with zero attached hydrogens (tertiary/aromatic N) is 2. The predicted molar refractivity (Wildman–Crippen MR) is 85.7 cm³/mol. The standard InChI is InChI=1S/C15H21N3O3S/c1-3-4-9-18(22(2,20)21)10-8-15(19)17-14-7-5-6-13(11-14)12-16/h5-7,11H,3-4,8-10H2,1-2H3,(H,17,19). The average Bonchev–Trinajstić information content (AvgIpc) is 2.46. The van der Waals surface area contributed by atoms with Crippen LogP contribution >= 0.6 is 0 Å². The summed E-state index contributed by atoms with van der Waals surface area (Å²) < 4.78 is 24.6. The van der Waals surface area contributed by atoms with Gasteiger partial charge in [0.2, 0.25) is 15.9 Å². The van der Waals surface area contributed by atoms with Crippen LogP contribution in [0.25, 0.3) is 0 Å². The van der Waals surface area contributed by atoms with Crippen molar-refractivity contribution in [3.05, 3.63) is 29.8 Å². The van der Waals surface area contributed by atoms with Gasteiger partial charge in [-0.3, -0.25) is 4.79 Å². The van der Waals surface area contributed by atoms with Crippen molar-refractivity contribution in [2.75, 3.05) is 24.7 Å². The molecule has 0 aliphatic rings. The Labute approximate surface area is 131 Å². The molecule has 6 nitrogen and oxygen atoms in total. The van der Waals surface area contributed by atoms with Gasteiger partial charge in [-0.25, -0.2) is 12.7 Å². The minimum atomic E-state index is -3.31. The van der Waals surface area contributed by atoms with Crippen LogP contribution in [0.4, 0.5) is 5.69 Å². The maximum Gasteiger partial charge on any atom is 0.225 e. The summed E-state index contributed by atoms with van der Waals surface area (Å²) in [6.07, 6.45) is 2.88. The summed E-state index contributed by atoms with van der Waals surface area (Å²) in [4.78, 5) is 11.9. The summed E-state index contributed by atoms with van der Waals surface area (Å²) in [6, 6.07) is 8.58. The zero-order chi connectivity index (χ0) is 16.6. The number of benzene rings is 1. The Bertz CT molecular complexity index is 650. The fourth-order valence-corrected chi connectivity index (χ4v) is 2.78. The molecular formula is C15H21N3O3S. The second-order valence-corrected chi connectivity index (χ2v) is 6.99. The molecule has 0 heterocycles. The third kappa shape index (κ3) is 6.24. The van der Waals surface area contributed by atoms with Crippen LogP contribution < -0.4 is 5.32 Å². The van der Waals surface area contributed by atoms with Gasteiger partial charge in [0, 0.05) is 25.2 Å². The third-order valence-electron chi connectivity index (χ3n) is 3.09. The first kappa shape index (κ1) is 18.1. The molecule has 0 unspecified atom stereocenters. The van der Waals surface area contributed by atoms with E-state index in [1.54, 1.807) is 24.3 Å². The van der Waals surface area contributed by atoms with Gasteiger partial charge in [-0.2, -0.15) is 5.26 Å². The first-order valence-electron chi connectivity index (χ1n) is 7.12. The van der Waals surface area contributed by atoms with Crippen LogP contribution in [0.3, 0.4) is 0 Å². The van der Waals surface area contributed by atoms with Crippen molar-refractivity contribution in [2.24, 2.45) is 0 Å². The van der Waals surface area contributed by atoms with Gasteiger partial charge < -0.3 is 5.32 Å². The molecule has 22 heavy (non-hydrogen) atoms. The quantitative estimate of drug-likeness (QED) is 0.791. The fourth-order valence-electron chi connectivity index (χ4n) is 1.89. The summed E-state index contributed by atoms with van der Waals surface area (Å²) >= 11 is 0. The number of sulfonamides is 1. The van der Waals surface area contributed by atoms with Gasteiger partial charge in [0.25, 0.3) is 0 Å². The molecule has 1 amide bonds. The topological polar surface area (TPSA) is 90.3 Å². The number of nitrogens with one attached hydrogen (secondary N) is 1. The van der Waals surface area contributed by atoms with Gasteiger partial charge in [0.05, 0.1) is 17.9 Å². The van der Waals surface area contributed by atoms with E-state index in [2.05, 4.69) is 5.32 Å². The van der Waals surface area contributed by atoms with Gasteiger partial charge in [-0.15, -0.1) is 0 Å². The van der Waals surface area contributed by atoms with E-state index in [0.717, 1.165) is 19.1 Å². The van der Waals surface area contributed by atoms with E-state index in [9.17, 15) is 13.2 Å². The molecule has 1 aromatic carbocycles. The first-order valence-corrected chi connectivity index (χ1v) is 8.96. The first-order chi connectivity index (χ1) is 10.4. The number of rotatable bonds is 8. The lowest BCUT2D eigenvalue weighted by molar-refractivity contribution is -0.116. The Morgan fingerprint density at radius 3 is 2.68 bits per heavy atom. The second kappa shape index (κ2) is 8.51. The van der Waals surface area contributed by atoms with E-state index in [-0.39, 0.29) is 18.9 Å². The predicted octanol–water partition coefficient (Wildman–Crippen LogP) is 1.95. The molecule has 0 spiro atoms. The molecule has 0 bridgehead atoms. The van der Waals surface area contributed by atoms with Crippen LogP contribution in [0.2, 0.25) is 0 Å². The van der Waals surface area contributed by atoms with Crippen LogP contribution in [0.5, 0.6) is 0 Å². The summed E-state index contributed by atoms with van der Waals surface area (Å²) in [5.74, 6) is -0.278. The van der Waals surface area contributed by atoms with E-state index in [4.69, 9.17) is 5.26 Å². The molecule has 0 saturated carbocycles. The summed E-state index contributed by atoms with van der Waals surface area (Å²) in [7, 11) is -3.31. The highest BCUT2D eigenvalue weighted by Gasteiger charge is 2.17. The largest absolute Gasteiger partial charge is 0.326 e. The summed E-state index contributed by atoms with van der Waals surface area (Å²) in [6.45, 7) is 2.56. The zero-order valence-corrected chi connectivity index (χ0v) is 13.7. The SMILES string of the molecule is CCCCN(CCC(=O)Nc1cccc(C#N)c1)S(C)(=O)=O. The Balaban J connectivity index is 2.58. The molecule has 0 atom stereocenters. The molecule has 0 saturated heterocycles. The normalized spacial score (nSPS) is 11.2. The van der Waals surface area contributed by atoms with Crippen molar-refractivity contribution in [1.29, 1.82) is 5.26 Å². The summed E-state index contributed by atoms with van der Waals surface area (Å²) in [5, 5.41) is 11.5. The number of anilines is 1. The van der Waals surface area contributed by atoms with E-state index in [1.807, 2.05) is 13.0 Å². The van der Waals surface area contributed by atoms with Crippen LogP contribution in [-0.4, -0.2) is 38.0 Å². The fraction of sp³-hybridized carbons (Fsp3) is 0.467. The maximum atomic E-state index is 11.9. The van der Waals surface area contributed by atoms with E-state index in [1.165, 1.54) is 4.31 Å². The van der Waals surface area contributed by atoms with Crippen LogP contribution in [0.15, 0.2) is 24.3 Å². The molecule has 0 aromatic heterocycles. The Hall–Kier alpha value is -1.91. The molecule has 7 heteroatoms. The van der Waals surface area contributed by atoms with Gasteiger partial charge in [0.15, 0.2) is 0 Å². The molecule has 120 valence electrons. The number of amides is 1. The minimum absolute atomic E-state index is 0.0769. The molecule has 0 radical (unpaired) electrons. The second-order valence-electron chi connectivity index (χ2n) is 5.01. The highest BCUT2D eigenvalue weighted by molar-refractivity contribution is 7.88. The van der Waals surface area contributed by atoms with Crippen molar-refractivity contribution in [1.82, 2.24) is 4.31 Å². The maximum absolute atomic E-state index is 11.9. The monoisotopic (exact) mass is 323 g/mol. The highest BCUT2D eigenvalue weighted by Crippen LogP contribution is 2.10. The van der Waals surface area contributed by atoms with Gasteiger partial charge in [-0.1, -0.05) is 19.4 Å². The van der Waals surface area contributed by atoms with Gasteiger partial charge in [0.1, 0.15) is 0 Å². The van der Waals surface area contributed by atoms with Gasteiger partial charge in [-0.05, 0) is 24.6 Å². The minimum Gasteiger partial charge on any atom is -0.326 e. The Kier molecular flexibility index (Phi) is 7.02. The smallest absolute Gasteiger partial charge is 0.225 e.